The smallest absolute Gasteiger partial charge is 0.393 e. The number of carbonyl (C=O) groups is 1. The van der Waals surface area contributed by atoms with Crippen molar-refractivity contribution in [1.82, 2.24) is 0 Å². The third-order valence-corrected chi connectivity index (χ3v) is 1.75. The van der Waals surface area contributed by atoms with Crippen LogP contribution in [0.3, 0.4) is 0 Å². The van der Waals surface area contributed by atoms with Crippen molar-refractivity contribution in [2.75, 3.05) is 5.73 Å². The van der Waals surface area contributed by atoms with Gasteiger partial charge < -0.3 is 10.8 Å². The van der Waals surface area contributed by atoms with Gasteiger partial charge in [0.15, 0.2) is 0 Å². The summed E-state index contributed by atoms with van der Waals surface area (Å²) in [7, 11) is 0. The molecular weight excluding hydrogens is 211 g/mol. The second kappa shape index (κ2) is 3.80. The molecule has 82 valence electrons. The summed E-state index contributed by atoms with van der Waals surface area (Å²) in [6.07, 6.45) is -5.51. The molecule has 0 saturated heterocycles. The standard InChI is InChI=1S/C9H8F3NO2/c10-9(11,12)4-5-1-2-7(13)6(3-5)8(14)15/h1-3H,4,13H2,(H,14,15). The van der Waals surface area contributed by atoms with E-state index in [-0.39, 0.29) is 16.8 Å². The molecule has 0 aliphatic rings. The SMILES string of the molecule is Nc1ccc(CC(F)(F)F)cc1C(=O)O. The van der Waals surface area contributed by atoms with Crippen molar-refractivity contribution in [3.05, 3.63) is 29.3 Å². The maximum absolute atomic E-state index is 12.0. The second-order valence-corrected chi connectivity index (χ2v) is 3.02. The normalized spacial score (nSPS) is 11.4. The number of anilines is 1. The predicted octanol–water partition coefficient (Wildman–Crippen LogP) is 2.07. The van der Waals surface area contributed by atoms with Gasteiger partial charge in [-0.3, -0.25) is 0 Å². The number of alkyl halides is 3. The number of nitrogens with two attached hydrogens (primary N) is 1. The van der Waals surface area contributed by atoms with E-state index in [1.54, 1.807) is 0 Å². The highest BCUT2D eigenvalue weighted by molar-refractivity contribution is 5.93. The van der Waals surface area contributed by atoms with Crippen molar-refractivity contribution in [2.45, 2.75) is 12.6 Å². The molecule has 0 aromatic heterocycles. The molecule has 1 rings (SSSR count). The van der Waals surface area contributed by atoms with Crippen LogP contribution < -0.4 is 5.73 Å². The van der Waals surface area contributed by atoms with E-state index >= 15 is 0 Å². The molecule has 0 spiro atoms. The summed E-state index contributed by atoms with van der Waals surface area (Å²) in [5.74, 6) is -1.34. The van der Waals surface area contributed by atoms with Gasteiger partial charge in [0, 0.05) is 5.69 Å². The lowest BCUT2D eigenvalue weighted by atomic mass is 10.1. The number of carboxylic acids is 1. The molecule has 3 nitrogen and oxygen atoms in total. The van der Waals surface area contributed by atoms with Crippen molar-refractivity contribution in [3.8, 4) is 0 Å². The van der Waals surface area contributed by atoms with Gasteiger partial charge in [-0.1, -0.05) is 6.07 Å². The number of halogens is 3. The lowest BCUT2D eigenvalue weighted by molar-refractivity contribution is -0.127. The first kappa shape index (κ1) is 11.4. The molecule has 1 aromatic rings. The molecule has 0 amide bonds. The number of benzene rings is 1. The molecule has 0 radical (unpaired) electrons. The van der Waals surface area contributed by atoms with Crippen LogP contribution in [0.15, 0.2) is 18.2 Å². The average Bonchev–Trinajstić information content (AvgIpc) is 2.05. The predicted molar refractivity (Wildman–Crippen MR) is 47.6 cm³/mol. The Morgan fingerprint density at radius 3 is 2.47 bits per heavy atom. The molecule has 0 fully saturated rings. The van der Waals surface area contributed by atoms with Crippen LogP contribution in [-0.4, -0.2) is 17.3 Å². The maximum Gasteiger partial charge on any atom is 0.393 e. The first-order valence-corrected chi connectivity index (χ1v) is 3.98. The van der Waals surface area contributed by atoms with Gasteiger partial charge in [0.05, 0.1) is 12.0 Å². The highest BCUT2D eigenvalue weighted by atomic mass is 19.4. The number of hydrogen-bond donors (Lipinski definition) is 2. The summed E-state index contributed by atoms with van der Waals surface area (Å²) < 4.78 is 36.0. The molecule has 0 atom stereocenters. The van der Waals surface area contributed by atoms with Gasteiger partial charge in [0.2, 0.25) is 0 Å². The molecule has 0 bridgehead atoms. The third kappa shape index (κ3) is 3.16. The zero-order valence-electron chi connectivity index (χ0n) is 7.51. The summed E-state index contributed by atoms with van der Waals surface area (Å²) >= 11 is 0. The molecule has 0 heterocycles. The van der Waals surface area contributed by atoms with Gasteiger partial charge in [0.25, 0.3) is 0 Å². The van der Waals surface area contributed by atoms with Crippen LogP contribution in [0.2, 0.25) is 0 Å². The Morgan fingerprint density at radius 2 is 2.00 bits per heavy atom. The number of hydrogen-bond acceptors (Lipinski definition) is 2. The van der Waals surface area contributed by atoms with Gasteiger partial charge >= 0.3 is 12.1 Å². The van der Waals surface area contributed by atoms with Gasteiger partial charge in [-0.15, -0.1) is 0 Å². The average molecular weight is 219 g/mol. The van der Waals surface area contributed by atoms with Crippen LogP contribution in [0.4, 0.5) is 18.9 Å². The Morgan fingerprint density at radius 1 is 1.40 bits per heavy atom. The van der Waals surface area contributed by atoms with Crippen LogP contribution in [-0.2, 0) is 6.42 Å². The van der Waals surface area contributed by atoms with Crippen molar-refractivity contribution in [1.29, 1.82) is 0 Å². The van der Waals surface area contributed by atoms with E-state index in [1.807, 2.05) is 0 Å². The molecule has 0 saturated carbocycles. The Balaban J connectivity index is 3.03. The van der Waals surface area contributed by atoms with Crippen LogP contribution in [0, 0.1) is 0 Å². The Kier molecular flexibility index (Phi) is 2.88. The van der Waals surface area contributed by atoms with E-state index in [2.05, 4.69) is 0 Å². The zero-order valence-corrected chi connectivity index (χ0v) is 7.51. The zero-order chi connectivity index (χ0) is 11.6. The fraction of sp³-hybridized carbons (Fsp3) is 0.222. The van der Waals surface area contributed by atoms with Crippen LogP contribution >= 0.6 is 0 Å². The third-order valence-electron chi connectivity index (χ3n) is 1.75. The Hall–Kier alpha value is -1.72. The molecule has 15 heavy (non-hydrogen) atoms. The number of carboxylic acid groups (broad SMARTS) is 1. The van der Waals surface area contributed by atoms with Gasteiger partial charge in [-0.2, -0.15) is 13.2 Å². The highest BCUT2D eigenvalue weighted by Crippen LogP contribution is 2.23. The van der Waals surface area contributed by atoms with Crippen LogP contribution in [0.25, 0.3) is 0 Å². The van der Waals surface area contributed by atoms with Gasteiger partial charge in [-0.25, -0.2) is 4.79 Å². The molecular formula is C9H8F3NO2. The van der Waals surface area contributed by atoms with E-state index in [1.165, 1.54) is 0 Å². The summed E-state index contributed by atoms with van der Waals surface area (Å²) in [4.78, 5) is 10.6. The minimum atomic E-state index is -4.36. The minimum Gasteiger partial charge on any atom is -0.478 e. The molecule has 0 unspecified atom stereocenters. The van der Waals surface area contributed by atoms with E-state index in [0.717, 1.165) is 18.2 Å². The largest absolute Gasteiger partial charge is 0.478 e. The summed E-state index contributed by atoms with van der Waals surface area (Å²) in [6, 6.07) is 3.25. The van der Waals surface area contributed by atoms with E-state index < -0.39 is 18.6 Å². The van der Waals surface area contributed by atoms with Crippen molar-refractivity contribution in [3.63, 3.8) is 0 Å². The maximum atomic E-state index is 12.0. The molecule has 0 aliphatic heterocycles. The lowest BCUT2D eigenvalue weighted by Crippen LogP contribution is -2.12. The molecule has 1 aromatic carbocycles. The molecule has 6 heteroatoms. The Labute approximate surface area is 83.3 Å². The second-order valence-electron chi connectivity index (χ2n) is 3.02. The lowest BCUT2D eigenvalue weighted by Gasteiger charge is -2.08. The Bertz CT molecular complexity index is 387. The number of nitrogen functional groups attached to an aromatic ring is 1. The van der Waals surface area contributed by atoms with Crippen molar-refractivity contribution < 1.29 is 23.1 Å². The fourth-order valence-electron chi connectivity index (χ4n) is 1.13. The highest BCUT2D eigenvalue weighted by Gasteiger charge is 2.28. The summed E-state index contributed by atoms with van der Waals surface area (Å²) in [5, 5.41) is 8.63. The van der Waals surface area contributed by atoms with Gasteiger partial charge in [-0.05, 0) is 17.7 Å². The number of aromatic carboxylic acids is 1. The van der Waals surface area contributed by atoms with Crippen LogP contribution in [0.1, 0.15) is 15.9 Å². The quantitative estimate of drug-likeness (QED) is 0.748. The van der Waals surface area contributed by atoms with Crippen molar-refractivity contribution >= 4 is 11.7 Å². The van der Waals surface area contributed by atoms with Gasteiger partial charge in [0.1, 0.15) is 0 Å². The molecule has 3 N–H and O–H groups in total. The summed E-state index contributed by atoms with van der Waals surface area (Å²) in [6.45, 7) is 0. The van der Waals surface area contributed by atoms with Crippen LogP contribution in [0.5, 0.6) is 0 Å². The van der Waals surface area contributed by atoms with E-state index in [0.29, 0.717) is 0 Å². The summed E-state index contributed by atoms with van der Waals surface area (Å²) in [5.41, 5.74) is 4.82. The van der Waals surface area contributed by atoms with E-state index in [4.69, 9.17) is 10.8 Å². The number of rotatable bonds is 2. The first-order valence-electron chi connectivity index (χ1n) is 3.98. The first-order chi connectivity index (χ1) is 6.79. The van der Waals surface area contributed by atoms with Crippen molar-refractivity contribution in [2.24, 2.45) is 0 Å². The monoisotopic (exact) mass is 219 g/mol. The minimum absolute atomic E-state index is 0.0478. The molecule has 0 aliphatic carbocycles. The topological polar surface area (TPSA) is 63.3 Å². The van der Waals surface area contributed by atoms with E-state index in [9.17, 15) is 18.0 Å². The fourth-order valence-corrected chi connectivity index (χ4v) is 1.13.